The molecule has 1 heterocycles. The van der Waals surface area contributed by atoms with Crippen molar-refractivity contribution in [2.45, 2.75) is 39.7 Å². The average molecular weight is 392 g/mol. The molecular weight excluding hydrogens is 358 g/mol. The first-order valence-corrected chi connectivity index (χ1v) is 10.7. The Balaban J connectivity index is 1.85. The van der Waals surface area contributed by atoms with Gasteiger partial charge in [0.15, 0.2) is 0 Å². The number of fused-ring (bicyclic) bond motifs is 1. The standard InChI is InChI=1S/C25H33N3O/c1-5-28(6-2)17-11-12-19(3)26-23-18-24(21-14-8-10-16-25(21)29-4)27-22-15-9-7-13-20(22)23/h7-10,13-16,18-19H,5-6,11-12,17H2,1-4H3,(H,26,27). The number of nitrogens with one attached hydrogen (secondary N) is 1. The molecule has 3 aromatic rings. The number of hydrogen-bond donors (Lipinski definition) is 1. The van der Waals surface area contributed by atoms with Gasteiger partial charge in [-0.3, -0.25) is 0 Å². The highest BCUT2D eigenvalue weighted by atomic mass is 16.5. The third-order valence-electron chi connectivity index (χ3n) is 5.51. The summed E-state index contributed by atoms with van der Waals surface area (Å²) >= 11 is 0. The second kappa shape index (κ2) is 10.3. The fourth-order valence-electron chi connectivity index (χ4n) is 3.79. The molecule has 0 saturated heterocycles. The first-order valence-electron chi connectivity index (χ1n) is 10.7. The van der Waals surface area contributed by atoms with Gasteiger partial charge in [0.2, 0.25) is 0 Å². The molecular formula is C25H33N3O. The van der Waals surface area contributed by atoms with E-state index < -0.39 is 0 Å². The molecule has 0 fully saturated rings. The topological polar surface area (TPSA) is 37.4 Å². The van der Waals surface area contributed by atoms with Crippen molar-refractivity contribution in [2.75, 3.05) is 32.1 Å². The van der Waals surface area contributed by atoms with Crippen LogP contribution in [0.2, 0.25) is 0 Å². The summed E-state index contributed by atoms with van der Waals surface area (Å²) < 4.78 is 5.56. The van der Waals surface area contributed by atoms with Crippen molar-refractivity contribution in [3.63, 3.8) is 0 Å². The molecule has 0 spiro atoms. The fraction of sp³-hybridized carbons (Fsp3) is 0.400. The van der Waals surface area contributed by atoms with E-state index in [1.807, 2.05) is 24.3 Å². The van der Waals surface area contributed by atoms with Crippen molar-refractivity contribution >= 4 is 16.6 Å². The number of para-hydroxylation sites is 2. The Bertz CT molecular complexity index is 921. The lowest BCUT2D eigenvalue weighted by Gasteiger charge is -2.21. The van der Waals surface area contributed by atoms with E-state index in [1.165, 1.54) is 6.42 Å². The van der Waals surface area contributed by atoms with Crippen LogP contribution in [0.3, 0.4) is 0 Å². The molecule has 0 aliphatic carbocycles. The smallest absolute Gasteiger partial charge is 0.128 e. The summed E-state index contributed by atoms with van der Waals surface area (Å²) in [7, 11) is 1.71. The molecule has 29 heavy (non-hydrogen) atoms. The SMILES string of the molecule is CCN(CC)CCCC(C)Nc1cc(-c2ccccc2OC)nc2ccccc12. The van der Waals surface area contributed by atoms with Gasteiger partial charge in [-0.05, 0) is 63.7 Å². The Labute approximate surface area is 174 Å². The summed E-state index contributed by atoms with van der Waals surface area (Å²) in [5.41, 5.74) is 4.07. The number of ether oxygens (including phenoxy) is 1. The van der Waals surface area contributed by atoms with Crippen LogP contribution >= 0.6 is 0 Å². The molecule has 2 aromatic carbocycles. The first-order chi connectivity index (χ1) is 14.2. The molecule has 0 aliphatic heterocycles. The minimum Gasteiger partial charge on any atom is -0.496 e. The Morgan fingerprint density at radius 3 is 2.52 bits per heavy atom. The minimum atomic E-state index is 0.391. The number of benzene rings is 2. The van der Waals surface area contributed by atoms with Crippen LogP contribution in [0.5, 0.6) is 5.75 Å². The molecule has 4 nitrogen and oxygen atoms in total. The largest absolute Gasteiger partial charge is 0.496 e. The minimum absolute atomic E-state index is 0.391. The number of pyridine rings is 1. The lowest BCUT2D eigenvalue weighted by Crippen LogP contribution is -2.25. The average Bonchev–Trinajstić information content (AvgIpc) is 2.76. The maximum absolute atomic E-state index is 5.56. The van der Waals surface area contributed by atoms with E-state index in [1.54, 1.807) is 7.11 Å². The third-order valence-corrected chi connectivity index (χ3v) is 5.51. The highest BCUT2D eigenvalue weighted by Gasteiger charge is 2.13. The Morgan fingerprint density at radius 2 is 1.76 bits per heavy atom. The van der Waals surface area contributed by atoms with Crippen molar-refractivity contribution < 1.29 is 4.74 Å². The van der Waals surface area contributed by atoms with Crippen LogP contribution < -0.4 is 10.1 Å². The number of aromatic nitrogens is 1. The summed E-state index contributed by atoms with van der Waals surface area (Å²) in [6, 6.07) is 18.9. The molecule has 0 aliphatic rings. The van der Waals surface area contributed by atoms with Crippen LogP contribution in [0.4, 0.5) is 5.69 Å². The van der Waals surface area contributed by atoms with Gasteiger partial charge < -0.3 is 15.0 Å². The zero-order valence-corrected chi connectivity index (χ0v) is 18.1. The van der Waals surface area contributed by atoms with E-state index >= 15 is 0 Å². The van der Waals surface area contributed by atoms with Crippen LogP contribution in [0.15, 0.2) is 54.6 Å². The summed E-state index contributed by atoms with van der Waals surface area (Å²) in [5, 5.41) is 4.90. The highest BCUT2D eigenvalue weighted by Crippen LogP contribution is 2.33. The van der Waals surface area contributed by atoms with E-state index in [-0.39, 0.29) is 0 Å². The van der Waals surface area contributed by atoms with Crippen LogP contribution in [0, 0.1) is 0 Å². The molecule has 154 valence electrons. The second-order valence-corrected chi connectivity index (χ2v) is 7.49. The zero-order valence-electron chi connectivity index (χ0n) is 18.1. The summed E-state index contributed by atoms with van der Waals surface area (Å²) in [6.45, 7) is 10.1. The maximum atomic E-state index is 5.56. The quantitative estimate of drug-likeness (QED) is 0.472. The van der Waals surface area contributed by atoms with Gasteiger partial charge in [0.25, 0.3) is 0 Å². The van der Waals surface area contributed by atoms with E-state index in [9.17, 15) is 0 Å². The molecule has 3 rings (SSSR count). The van der Waals surface area contributed by atoms with Crippen LogP contribution in [-0.2, 0) is 0 Å². The number of nitrogens with zero attached hydrogens (tertiary/aromatic N) is 2. The lowest BCUT2D eigenvalue weighted by molar-refractivity contribution is 0.295. The van der Waals surface area contributed by atoms with Crippen molar-refractivity contribution in [1.29, 1.82) is 0 Å². The lowest BCUT2D eigenvalue weighted by atomic mass is 10.1. The Kier molecular flexibility index (Phi) is 7.48. The van der Waals surface area contributed by atoms with Gasteiger partial charge in [0, 0.05) is 22.7 Å². The highest BCUT2D eigenvalue weighted by molar-refractivity contribution is 5.94. The van der Waals surface area contributed by atoms with Gasteiger partial charge in [0.05, 0.1) is 18.3 Å². The van der Waals surface area contributed by atoms with Crippen LogP contribution in [0.25, 0.3) is 22.2 Å². The van der Waals surface area contributed by atoms with E-state index in [0.29, 0.717) is 6.04 Å². The second-order valence-electron chi connectivity index (χ2n) is 7.49. The van der Waals surface area contributed by atoms with Gasteiger partial charge in [-0.25, -0.2) is 4.98 Å². The van der Waals surface area contributed by atoms with Gasteiger partial charge in [-0.2, -0.15) is 0 Å². The molecule has 1 atom stereocenters. The van der Waals surface area contributed by atoms with Crippen LogP contribution in [0.1, 0.15) is 33.6 Å². The van der Waals surface area contributed by atoms with E-state index in [2.05, 4.69) is 61.3 Å². The monoisotopic (exact) mass is 391 g/mol. The molecule has 0 saturated carbocycles. The molecule has 1 unspecified atom stereocenters. The number of rotatable bonds is 10. The Hall–Kier alpha value is -2.59. The summed E-state index contributed by atoms with van der Waals surface area (Å²) in [5.74, 6) is 0.841. The predicted molar refractivity (Wildman–Crippen MR) is 124 cm³/mol. The predicted octanol–water partition coefficient (Wildman–Crippen LogP) is 5.83. The molecule has 1 aromatic heterocycles. The molecule has 4 heteroatoms. The molecule has 1 N–H and O–H groups in total. The van der Waals surface area contributed by atoms with Gasteiger partial charge in [-0.15, -0.1) is 0 Å². The molecule has 0 amide bonds. The number of anilines is 1. The summed E-state index contributed by atoms with van der Waals surface area (Å²) in [6.07, 6.45) is 2.33. The van der Waals surface area contributed by atoms with E-state index in [4.69, 9.17) is 9.72 Å². The Morgan fingerprint density at radius 1 is 1.03 bits per heavy atom. The normalized spacial score (nSPS) is 12.3. The number of hydrogen-bond acceptors (Lipinski definition) is 4. The van der Waals surface area contributed by atoms with Gasteiger partial charge >= 0.3 is 0 Å². The van der Waals surface area contributed by atoms with E-state index in [0.717, 1.165) is 59.7 Å². The maximum Gasteiger partial charge on any atom is 0.128 e. The summed E-state index contributed by atoms with van der Waals surface area (Å²) in [4.78, 5) is 7.38. The third kappa shape index (κ3) is 5.27. The van der Waals surface area contributed by atoms with Crippen molar-refractivity contribution in [2.24, 2.45) is 0 Å². The van der Waals surface area contributed by atoms with Crippen molar-refractivity contribution in [3.05, 3.63) is 54.6 Å². The van der Waals surface area contributed by atoms with Gasteiger partial charge in [-0.1, -0.05) is 44.2 Å². The van der Waals surface area contributed by atoms with Crippen LogP contribution in [-0.4, -0.2) is 42.7 Å². The van der Waals surface area contributed by atoms with Crippen molar-refractivity contribution in [1.82, 2.24) is 9.88 Å². The molecule has 0 bridgehead atoms. The molecule has 0 radical (unpaired) electrons. The van der Waals surface area contributed by atoms with Gasteiger partial charge in [0.1, 0.15) is 5.75 Å². The fourth-order valence-corrected chi connectivity index (χ4v) is 3.79. The first kappa shape index (κ1) is 21.1. The number of methoxy groups -OCH3 is 1. The van der Waals surface area contributed by atoms with Crippen molar-refractivity contribution in [3.8, 4) is 17.0 Å². The zero-order chi connectivity index (χ0) is 20.6.